The molecule has 2 heterocycles. The van der Waals surface area contributed by atoms with Gasteiger partial charge in [0, 0.05) is 18.6 Å². The number of fused-ring (bicyclic) bond motifs is 2. The smallest absolute Gasteiger partial charge is 0.0570 e. The molecule has 17 heavy (non-hydrogen) atoms. The van der Waals surface area contributed by atoms with Crippen LogP contribution in [-0.2, 0) is 0 Å². The minimum absolute atomic E-state index is 0.0564. The van der Waals surface area contributed by atoms with Gasteiger partial charge in [-0.1, -0.05) is 20.3 Å². The summed E-state index contributed by atoms with van der Waals surface area (Å²) in [5.41, 5.74) is 6.23. The van der Waals surface area contributed by atoms with Crippen LogP contribution < -0.4 is 5.73 Å². The van der Waals surface area contributed by atoms with Gasteiger partial charge < -0.3 is 10.8 Å². The average molecular weight is 240 g/mol. The van der Waals surface area contributed by atoms with Gasteiger partial charge in [0.15, 0.2) is 0 Å². The fourth-order valence-corrected chi connectivity index (χ4v) is 3.79. The van der Waals surface area contributed by atoms with E-state index in [9.17, 15) is 5.11 Å². The van der Waals surface area contributed by atoms with Crippen molar-refractivity contribution >= 4 is 0 Å². The molecule has 3 unspecified atom stereocenters. The molecule has 2 rings (SSSR count). The van der Waals surface area contributed by atoms with Crippen molar-refractivity contribution in [1.82, 2.24) is 4.90 Å². The highest BCUT2D eigenvalue weighted by Gasteiger charge is 2.42. The third-order valence-electron chi connectivity index (χ3n) is 4.77. The van der Waals surface area contributed by atoms with Crippen molar-refractivity contribution in [1.29, 1.82) is 0 Å². The van der Waals surface area contributed by atoms with E-state index in [0.29, 0.717) is 12.1 Å². The van der Waals surface area contributed by atoms with Gasteiger partial charge in [-0.3, -0.25) is 4.90 Å². The zero-order chi connectivity index (χ0) is 12.5. The Morgan fingerprint density at radius 2 is 1.88 bits per heavy atom. The molecule has 2 fully saturated rings. The molecule has 3 atom stereocenters. The van der Waals surface area contributed by atoms with Crippen LogP contribution in [0.3, 0.4) is 0 Å². The van der Waals surface area contributed by atoms with Gasteiger partial charge in [0.1, 0.15) is 0 Å². The number of hydrogen-bond donors (Lipinski definition) is 2. The monoisotopic (exact) mass is 240 g/mol. The van der Waals surface area contributed by atoms with Crippen molar-refractivity contribution in [3.8, 4) is 0 Å². The minimum atomic E-state index is -0.0564. The standard InChI is InChI=1S/C14H28N2O/c1-3-6-14(2,9-15)10-16-11-4-5-12(16)8-13(17)7-11/h11-13,17H,3-10,15H2,1-2H3. The fourth-order valence-electron chi connectivity index (χ4n) is 3.79. The lowest BCUT2D eigenvalue weighted by molar-refractivity contribution is 0.0124. The second-order valence-corrected chi connectivity index (χ2v) is 6.45. The molecule has 0 spiro atoms. The number of aliphatic hydroxyl groups excluding tert-OH is 1. The second-order valence-electron chi connectivity index (χ2n) is 6.45. The number of nitrogens with zero attached hydrogens (tertiary/aromatic N) is 1. The quantitative estimate of drug-likeness (QED) is 0.769. The first-order valence-electron chi connectivity index (χ1n) is 7.22. The van der Waals surface area contributed by atoms with Crippen LogP contribution in [0.4, 0.5) is 0 Å². The van der Waals surface area contributed by atoms with Crippen molar-refractivity contribution in [2.75, 3.05) is 13.1 Å². The molecule has 0 aliphatic carbocycles. The highest BCUT2D eigenvalue weighted by atomic mass is 16.3. The lowest BCUT2D eigenvalue weighted by atomic mass is 9.83. The van der Waals surface area contributed by atoms with E-state index in [-0.39, 0.29) is 11.5 Å². The first-order chi connectivity index (χ1) is 8.08. The first kappa shape index (κ1) is 13.3. The van der Waals surface area contributed by atoms with E-state index in [2.05, 4.69) is 18.7 Å². The molecule has 3 heteroatoms. The van der Waals surface area contributed by atoms with Crippen LogP contribution in [0.5, 0.6) is 0 Å². The molecule has 0 aromatic rings. The lowest BCUT2D eigenvalue weighted by Crippen LogP contribution is -2.50. The minimum Gasteiger partial charge on any atom is -0.393 e. The van der Waals surface area contributed by atoms with Crippen LogP contribution in [0.25, 0.3) is 0 Å². The summed E-state index contributed by atoms with van der Waals surface area (Å²) >= 11 is 0. The Kier molecular flexibility index (Phi) is 4.11. The van der Waals surface area contributed by atoms with Crippen molar-refractivity contribution in [2.24, 2.45) is 11.1 Å². The van der Waals surface area contributed by atoms with E-state index in [4.69, 9.17) is 5.73 Å². The van der Waals surface area contributed by atoms with Crippen molar-refractivity contribution in [3.63, 3.8) is 0 Å². The lowest BCUT2D eigenvalue weighted by Gasteiger charge is -2.42. The van der Waals surface area contributed by atoms with Crippen LogP contribution in [0, 0.1) is 5.41 Å². The van der Waals surface area contributed by atoms with Crippen molar-refractivity contribution < 1.29 is 5.11 Å². The van der Waals surface area contributed by atoms with Crippen LogP contribution in [-0.4, -0.2) is 41.3 Å². The maximum absolute atomic E-state index is 9.82. The van der Waals surface area contributed by atoms with Crippen LogP contribution in [0.2, 0.25) is 0 Å². The Morgan fingerprint density at radius 3 is 2.35 bits per heavy atom. The Balaban J connectivity index is 1.99. The molecule has 2 aliphatic rings. The highest BCUT2D eigenvalue weighted by molar-refractivity contribution is 4.97. The summed E-state index contributed by atoms with van der Waals surface area (Å²) in [6, 6.07) is 1.23. The molecular formula is C14H28N2O. The zero-order valence-corrected chi connectivity index (χ0v) is 11.4. The Morgan fingerprint density at radius 1 is 1.29 bits per heavy atom. The summed E-state index contributed by atoms with van der Waals surface area (Å²) < 4.78 is 0. The normalized spacial score (nSPS) is 37.1. The molecule has 100 valence electrons. The van der Waals surface area contributed by atoms with Gasteiger partial charge in [-0.15, -0.1) is 0 Å². The van der Waals surface area contributed by atoms with Gasteiger partial charge in [0.05, 0.1) is 6.10 Å². The van der Waals surface area contributed by atoms with Crippen LogP contribution >= 0.6 is 0 Å². The summed E-state index contributed by atoms with van der Waals surface area (Å²) in [5, 5.41) is 9.82. The largest absolute Gasteiger partial charge is 0.393 e. The van der Waals surface area contributed by atoms with E-state index in [0.717, 1.165) is 25.9 Å². The topological polar surface area (TPSA) is 49.5 Å². The molecular weight excluding hydrogens is 212 g/mol. The molecule has 2 aliphatic heterocycles. The highest BCUT2D eigenvalue weighted by Crippen LogP contribution is 2.38. The van der Waals surface area contributed by atoms with Gasteiger partial charge in [-0.25, -0.2) is 0 Å². The Labute approximate surface area is 105 Å². The summed E-state index contributed by atoms with van der Waals surface area (Å²) in [5.74, 6) is 0. The maximum atomic E-state index is 9.82. The number of aliphatic hydroxyl groups is 1. The first-order valence-corrected chi connectivity index (χ1v) is 7.22. The molecule has 0 radical (unpaired) electrons. The third kappa shape index (κ3) is 2.83. The van der Waals surface area contributed by atoms with Gasteiger partial charge in [-0.2, -0.15) is 0 Å². The summed E-state index contributed by atoms with van der Waals surface area (Å²) in [6.45, 7) is 6.46. The van der Waals surface area contributed by atoms with E-state index >= 15 is 0 Å². The second kappa shape index (κ2) is 5.25. The predicted octanol–water partition coefficient (Wildman–Crippen LogP) is 1.74. The molecule has 0 saturated carbocycles. The molecule has 0 aromatic carbocycles. The van der Waals surface area contributed by atoms with Gasteiger partial charge in [-0.05, 0) is 44.1 Å². The fraction of sp³-hybridized carbons (Fsp3) is 1.00. The average Bonchev–Trinajstić information content (AvgIpc) is 2.52. The summed E-state index contributed by atoms with van der Waals surface area (Å²) in [6.07, 6.45) is 6.86. The zero-order valence-electron chi connectivity index (χ0n) is 11.4. The molecule has 3 nitrogen and oxygen atoms in total. The van der Waals surface area contributed by atoms with Gasteiger partial charge in [0.2, 0.25) is 0 Å². The third-order valence-corrected chi connectivity index (χ3v) is 4.77. The van der Waals surface area contributed by atoms with E-state index in [1.54, 1.807) is 0 Å². The number of piperidine rings is 1. The number of nitrogens with two attached hydrogens (primary N) is 1. The molecule has 0 aromatic heterocycles. The Hall–Kier alpha value is -0.120. The maximum Gasteiger partial charge on any atom is 0.0570 e. The molecule has 0 amide bonds. The SMILES string of the molecule is CCCC(C)(CN)CN1C2CCC1CC(O)C2. The summed E-state index contributed by atoms with van der Waals surface area (Å²) in [4.78, 5) is 2.65. The van der Waals surface area contributed by atoms with Crippen molar-refractivity contribution in [3.05, 3.63) is 0 Å². The van der Waals surface area contributed by atoms with E-state index in [1.807, 2.05) is 0 Å². The number of rotatable bonds is 5. The molecule has 3 N–H and O–H groups in total. The predicted molar refractivity (Wildman–Crippen MR) is 70.8 cm³/mol. The Bertz CT molecular complexity index is 245. The molecule has 2 bridgehead atoms. The van der Waals surface area contributed by atoms with E-state index in [1.165, 1.54) is 25.7 Å². The summed E-state index contributed by atoms with van der Waals surface area (Å²) in [7, 11) is 0. The van der Waals surface area contributed by atoms with Gasteiger partial charge in [0.25, 0.3) is 0 Å². The van der Waals surface area contributed by atoms with Gasteiger partial charge >= 0.3 is 0 Å². The van der Waals surface area contributed by atoms with Crippen LogP contribution in [0.1, 0.15) is 52.4 Å². The van der Waals surface area contributed by atoms with Crippen molar-refractivity contribution in [2.45, 2.75) is 70.6 Å². The van der Waals surface area contributed by atoms with Crippen LogP contribution in [0.15, 0.2) is 0 Å². The molecule has 2 saturated heterocycles. The van der Waals surface area contributed by atoms with E-state index < -0.39 is 0 Å². The number of hydrogen-bond acceptors (Lipinski definition) is 3.